The van der Waals surface area contributed by atoms with E-state index >= 15 is 0 Å². The van der Waals surface area contributed by atoms with E-state index in [0.717, 1.165) is 21.9 Å². The summed E-state index contributed by atoms with van der Waals surface area (Å²) >= 11 is 13.8. The van der Waals surface area contributed by atoms with E-state index in [-0.39, 0.29) is 24.9 Å². The number of halogens is 2. The van der Waals surface area contributed by atoms with E-state index in [4.69, 9.17) is 42.4 Å². The largest absolute Gasteiger partial charge is 0.491 e. The number of esters is 1. The van der Waals surface area contributed by atoms with Crippen LogP contribution in [-0.2, 0) is 16.1 Å². The van der Waals surface area contributed by atoms with Gasteiger partial charge in [-0.15, -0.1) is 0 Å². The van der Waals surface area contributed by atoms with Crippen molar-refractivity contribution in [3.63, 3.8) is 0 Å². The molecule has 0 aliphatic carbocycles. The fourth-order valence-corrected chi connectivity index (χ4v) is 7.12. The first-order chi connectivity index (χ1) is 22.7. The third-order valence-electron chi connectivity index (χ3n) is 7.70. The summed E-state index contributed by atoms with van der Waals surface area (Å²) in [6.07, 6.45) is 1.71. The van der Waals surface area contributed by atoms with Gasteiger partial charge < -0.3 is 14.2 Å². The highest BCUT2D eigenvalue weighted by molar-refractivity contribution is 7.07. The number of carbonyl (C=O) groups is 1. The Balaban J connectivity index is 1.54. The molecule has 5 aromatic rings. The van der Waals surface area contributed by atoms with Gasteiger partial charge in [0.05, 0.1) is 28.5 Å². The number of para-hydroxylation sites is 1. The van der Waals surface area contributed by atoms with Crippen LogP contribution in [0.5, 0.6) is 11.5 Å². The monoisotopic (exact) mass is 686 g/mol. The van der Waals surface area contributed by atoms with Crippen LogP contribution in [0.25, 0.3) is 16.8 Å². The smallest absolute Gasteiger partial charge is 0.338 e. The maximum absolute atomic E-state index is 14.5. The normalized spacial score (nSPS) is 14.7. The van der Waals surface area contributed by atoms with Crippen LogP contribution in [-0.4, -0.2) is 23.2 Å². The number of allylic oxidation sites excluding steroid dienone is 1. The molecule has 4 aromatic carbocycles. The lowest BCUT2D eigenvalue weighted by Crippen LogP contribution is -2.40. The van der Waals surface area contributed by atoms with E-state index in [9.17, 15) is 9.59 Å². The predicted molar refractivity (Wildman–Crippen MR) is 187 cm³/mol. The maximum Gasteiger partial charge on any atom is 0.338 e. The molecule has 0 amide bonds. The molecule has 7 nitrogen and oxygen atoms in total. The molecule has 47 heavy (non-hydrogen) atoms. The number of aromatic nitrogens is 1. The molecule has 0 saturated carbocycles. The summed E-state index contributed by atoms with van der Waals surface area (Å²) in [5, 5.41) is 2.94. The van der Waals surface area contributed by atoms with Crippen molar-refractivity contribution >= 4 is 57.4 Å². The first kappa shape index (κ1) is 32.6. The lowest BCUT2D eigenvalue weighted by molar-refractivity contribution is -0.139. The van der Waals surface area contributed by atoms with Gasteiger partial charge in [-0.3, -0.25) is 9.36 Å². The molecule has 1 atom stereocenters. The van der Waals surface area contributed by atoms with Gasteiger partial charge >= 0.3 is 5.97 Å². The number of hydrogen-bond acceptors (Lipinski definition) is 7. The molecule has 0 N–H and O–H groups in total. The van der Waals surface area contributed by atoms with Crippen LogP contribution < -0.4 is 24.4 Å². The van der Waals surface area contributed by atoms with Crippen molar-refractivity contribution in [3.8, 4) is 11.5 Å². The predicted octanol–water partition coefficient (Wildman–Crippen LogP) is 7.62. The minimum Gasteiger partial charge on any atom is -0.491 e. The molecule has 0 bridgehead atoms. The number of carbonyl (C=O) groups excluding carboxylic acids is 1. The second-order valence-corrected chi connectivity index (χ2v) is 13.1. The lowest BCUT2D eigenvalue weighted by Gasteiger charge is -2.26. The van der Waals surface area contributed by atoms with Gasteiger partial charge in [0.15, 0.2) is 4.80 Å². The highest BCUT2D eigenvalue weighted by Crippen LogP contribution is 2.36. The van der Waals surface area contributed by atoms with Crippen LogP contribution in [0.15, 0.2) is 99.9 Å². The minimum atomic E-state index is -0.808. The number of thiazole rings is 1. The number of benzene rings is 4. The van der Waals surface area contributed by atoms with Gasteiger partial charge in [-0.2, -0.15) is 0 Å². The van der Waals surface area contributed by atoms with Gasteiger partial charge in [0.25, 0.3) is 5.56 Å². The van der Waals surface area contributed by atoms with Crippen molar-refractivity contribution in [3.05, 3.63) is 137 Å². The molecule has 0 unspecified atom stereocenters. The molecule has 0 spiro atoms. The Morgan fingerprint density at radius 3 is 2.55 bits per heavy atom. The Hall–Kier alpha value is -4.37. The quantitative estimate of drug-likeness (QED) is 0.149. The van der Waals surface area contributed by atoms with Crippen LogP contribution in [0.4, 0.5) is 0 Å². The van der Waals surface area contributed by atoms with Crippen molar-refractivity contribution in [2.75, 3.05) is 6.61 Å². The summed E-state index contributed by atoms with van der Waals surface area (Å²) in [5.74, 6) is 0.623. The second-order valence-electron chi connectivity index (χ2n) is 11.2. The summed E-state index contributed by atoms with van der Waals surface area (Å²) in [4.78, 5) is 33.1. The molecule has 10 heteroatoms. The van der Waals surface area contributed by atoms with Crippen LogP contribution in [0, 0.1) is 0 Å². The van der Waals surface area contributed by atoms with Crippen molar-refractivity contribution in [1.82, 2.24) is 4.57 Å². The topological polar surface area (TPSA) is 79.1 Å². The Bertz CT molecular complexity index is 2220. The summed E-state index contributed by atoms with van der Waals surface area (Å²) < 4.78 is 20.0. The lowest BCUT2D eigenvalue weighted by atomic mass is 9.95. The summed E-state index contributed by atoms with van der Waals surface area (Å²) in [6.45, 7) is 7.76. The SMILES string of the molecule is CCOC(=O)C1=C(C)N=c2s/c(=C\c3c(OCc4ccc(Cl)cc4Cl)ccc4ccccc34)c(=O)n2[C@H]1c1ccccc1OC(C)C. The molecule has 1 aliphatic rings. The molecular formula is C37H32Cl2N2O5S. The second kappa shape index (κ2) is 13.8. The first-order valence-electron chi connectivity index (χ1n) is 15.2. The van der Waals surface area contributed by atoms with Gasteiger partial charge in [0, 0.05) is 26.7 Å². The van der Waals surface area contributed by atoms with Crippen LogP contribution >= 0.6 is 34.5 Å². The Kier molecular flexibility index (Phi) is 9.55. The number of ether oxygens (including phenoxy) is 3. The van der Waals surface area contributed by atoms with Gasteiger partial charge in [0.2, 0.25) is 0 Å². The van der Waals surface area contributed by atoms with Crippen LogP contribution in [0.1, 0.15) is 50.4 Å². The number of fused-ring (bicyclic) bond motifs is 2. The van der Waals surface area contributed by atoms with E-state index < -0.39 is 12.0 Å². The number of hydrogen-bond donors (Lipinski definition) is 0. The molecule has 1 aromatic heterocycles. The summed E-state index contributed by atoms with van der Waals surface area (Å²) in [5.41, 5.74) is 2.65. The molecule has 240 valence electrons. The van der Waals surface area contributed by atoms with Crippen molar-refractivity contribution in [1.29, 1.82) is 0 Å². The van der Waals surface area contributed by atoms with E-state index in [1.807, 2.05) is 86.7 Å². The molecule has 0 saturated heterocycles. The van der Waals surface area contributed by atoms with Gasteiger partial charge in [-0.1, -0.05) is 89.1 Å². The van der Waals surface area contributed by atoms with Crippen molar-refractivity contribution < 1.29 is 19.0 Å². The van der Waals surface area contributed by atoms with Gasteiger partial charge in [-0.05, 0) is 68.8 Å². The molecule has 2 heterocycles. The van der Waals surface area contributed by atoms with Crippen molar-refractivity contribution in [2.45, 2.75) is 46.4 Å². The zero-order valence-electron chi connectivity index (χ0n) is 26.3. The maximum atomic E-state index is 14.5. The number of nitrogens with zero attached hydrogens (tertiary/aromatic N) is 2. The van der Waals surface area contributed by atoms with Crippen LogP contribution in [0.3, 0.4) is 0 Å². The third-order valence-corrected chi connectivity index (χ3v) is 9.27. The highest BCUT2D eigenvalue weighted by Gasteiger charge is 2.35. The molecule has 0 radical (unpaired) electrons. The summed E-state index contributed by atoms with van der Waals surface area (Å²) in [6, 6.07) is 23.7. The van der Waals surface area contributed by atoms with Gasteiger partial charge in [-0.25, -0.2) is 9.79 Å². The molecular weight excluding hydrogens is 655 g/mol. The summed E-state index contributed by atoms with van der Waals surface area (Å²) in [7, 11) is 0. The fraction of sp³-hybridized carbons (Fsp3) is 0.216. The van der Waals surface area contributed by atoms with E-state index in [0.29, 0.717) is 47.7 Å². The first-order valence-corrected chi connectivity index (χ1v) is 16.8. The van der Waals surface area contributed by atoms with E-state index in [1.54, 1.807) is 30.5 Å². The Labute approximate surface area is 286 Å². The minimum absolute atomic E-state index is 0.129. The van der Waals surface area contributed by atoms with E-state index in [1.165, 1.54) is 11.3 Å². The standard InChI is InChI=1S/C37H32Cl2N2O5S/c1-5-44-36(43)33-22(4)40-37-41(34(33)27-12-8-9-13-31(27)46-21(2)3)35(42)32(47-37)19-28-26-11-7-6-10-23(26)15-17-30(28)45-20-24-14-16-25(38)18-29(24)39/h6-19,21,34H,5,20H2,1-4H3/b32-19-/t34-/m0/s1. The Morgan fingerprint density at radius 2 is 1.79 bits per heavy atom. The zero-order valence-corrected chi connectivity index (χ0v) is 28.6. The molecule has 6 rings (SSSR count). The fourth-order valence-electron chi connectivity index (χ4n) is 5.63. The average Bonchev–Trinajstić information content (AvgIpc) is 3.34. The van der Waals surface area contributed by atoms with Gasteiger partial charge in [0.1, 0.15) is 24.1 Å². The Morgan fingerprint density at radius 1 is 1.02 bits per heavy atom. The molecule has 1 aliphatic heterocycles. The van der Waals surface area contributed by atoms with Crippen molar-refractivity contribution in [2.24, 2.45) is 4.99 Å². The zero-order chi connectivity index (χ0) is 33.2. The highest BCUT2D eigenvalue weighted by atomic mass is 35.5. The third kappa shape index (κ3) is 6.59. The average molecular weight is 688 g/mol. The van der Waals surface area contributed by atoms with E-state index in [2.05, 4.69) is 0 Å². The molecule has 0 fully saturated rings. The van der Waals surface area contributed by atoms with Crippen LogP contribution in [0.2, 0.25) is 10.0 Å². The number of rotatable bonds is 9.